The molecule has 0 bridgehead atoms. The summed E-state index contributed by atoms with van der Waals surface area (Å²) in [5, 5.41) is 17.6. The first-order chi connectivity index (χ1) is 7.47. The molecule has 1 aromatic carbocycles. The normalized spacial score (nSPS) is 10.2. The number of rotatable bonds is 4. The van der Waals surface area contributed by atoms with Gasteiger partial charge in [0.1, 0.15) is 5.75 Å². The third-order valence-corrected chi connectivity index (χ3v) is 2.62. The fraction of sp³-hybridized carbons (Fsp3) is 0.200. The van der Waals surface area contributed by atoms with E-state index in [9.17, 15) is 9.59 Å². The van der Waals surface area contributed by atoms with Crippen LogP contribution in [0, 0.1) is 0 Å². The van der Waals surface area contributed by atoms with Crippen molar-refractivity contribution in [2.45, 2.75) is 5.92 Å². The lowest BCUT2D eigenvalue weighted by molar-refractivity contribution is -0.150. The van der Waals surface area contributed by atoms with E-state index in [0.29, 0.717) is 10.2 Å². The molecule has 0 radical (unpaired) electrons. The SMILES string of the molecule is COc1ccc(C(C(=O)O)C(=O)O)cc1Br. The summed E-state index contributed by atoms with van der Waals surface area (Å²) in [6, 6.07) is 4.35. The molecular weight excluding hydrogens is 280 g/mol. The predicted molar refractivity (Wildman–Crippen MR) is 58.7 cm³/mol. The first-order valence-corrected chi connectivity index (χ1v) is 5.05. The third kappa shape index (κ3) is 2.52. The molecule has 0 amide bonds. The van der Waals surface area contributed by atoms with Crippen molar-refractivity contribution in [3.8, 4) is 5.75 Å². The lowest BCUT2D eigenvalue weighted by atomic mass is 9.99. The topological polar surface area (TPSA) is 83.8 Å². The van der Waals surface area contributed by atoms with Crippen molar-refractivity contribution in [2.75, 3.05) is 7.11 Å². The van der Waals surface area contributed by atoms with Crippen LogP contribution in [0.5, 0.6) is 5.75 Å². The predicted octanol–water partition coefficient (Wildman–Crippen LogP) is 1.71. The average molecular weight is 289 g/mol. The number of ether oxygens (including phenoxy) is 1. The highest BCUT2D eigenvalue weighted by Gasteiger charge is 2.28. The lowest BCUT2D eigenvalue weighted by Gasteiger charge is -2.10. The van der Waals surface area contributed by atoms with Crippen molar-refractivity contribution < 1.29 is 24.5 Å². The molecule has 0 unspecified atom stereocenters. The van der Waals surface area contributed by atoms with Crippen molar-refractivity contribution in [3.63, 3.8) is 0 Å². The maximum absolute atomic E-state index is 10.8. The summed E-state index contributed by atoms with van der Waals surface area (Å²) < 4.78 is 5.47. The van der Waals surface area contributed by atoms with Gasteiger partial charge in [0.05, 0.1) is 11.6 Å². The number of methoxy groups -OCH3 is 1. The van der Waals surface area contributed by atoms with Gasteiger partial charge in [0.15, 0.2) is 5.92 Å². The third-order valence-electron chi connectivity index (χ3n) is 2.00. The van der Waals surface area contributed by atoms with E-state index in [0.717, 1.165) is 0 Å². The van der Waals surface area contributed by atoms with Crippen molar-refractivity contribution in [1.82, 2.24) is 0 Å². The highest BCUT2D eigenvalue weighted by molar-refractivity contribution is 9.10. The van der Waals surface area contributed by atoms with Gasteiger partial charge >= 0.3 is 11.9 Å². The van der Waals surface area contributed by atoms with Gasteiger partial charge in [-0.3, -0.25) is 9.59 Å². The van der Waals surface area contributed by atoms with Gasteiger partial charge in [-0.1, -0.05) is 6.07 Å². The first-order valence-electron chi connectivity index (χ1n) is 4.26. The Bertz CT molecular complexity index is 415. The van der Waals surface area contributed by atoms with Crippen LogP contribution in [0.3, 0.4) is 0 Å². The molecule has 0 heterocycles. The molecule has 16 heavy (non-hydrogen) atoms. The molecule has 6 heteroatoms. The van der Waals surface area contributed by atoms with Crippen LogP contribution < -0.4 is 4.74 Å². The lowest BCUT2D eigenvalue weighted by Crippen LogP contribution is -2.20. The standard InChI is InChI=1S/C10H9BrO5/c1-16-7-3-2-5(4-6(7)11)8(9(12)13)10(14)15/h2-4,8H,1H3,(H,12,13)(H,14,15). The van der Waals surface area contributed by atoms with Crippen molar-refractivity contribution in [3.05, 3.63) is 28.2 Å². The summed E-state index contributed by atoms with van der Waals surface area (Å²) in [5.41, 5.74) is 0.188. The Kier molecular flexibility index (Phi) is 3.89. The van der Waals surface area contributed by atoms with Gasteiger partial charge < -0.3 is 14.9 Å². The molecule has 1 aromatic rings. The van der Waals surface area contributed by atoms with Gasteiger partial charge in [0.2, 0.25) is 0 Å². The zero-order chi connectivity index (χ0) is 12.3. The fourth-order valence-corrected chi connectivity index (χ4v) is 1.81. The number of hydrogen-bond acceptors (Lipinski definition) is 3. The first kappa shape index (κ1) is 12.5. The molecule has 0 fully saturated rings. The maximum atomic E-state index is 10.8. The van der Waals surface area contributed by atoms with E-state index in [1.165, 1.54) is 25.3 Å². The van der Waals surface area contributed by atoms with Gasteiger partial charge in [0.25, 0.3) is 0 Å². The molecule has 0 aliphatic rings. The molecule has 0 saturated heterocycles. The number of carbonyl (C=O) groups is 2. The highest BCUT2D eigenvalue weighted by atomic mass is 79.9. The second-order valence-electron chi connectivity index (χ2n) is 3.00. The molecule has 0 saturated carbocycles. The van der Waals surface area contributed by atoms with Crippen LogP contribution in [0.2, 0.25) is 0 Å². The maximum Gasteiger partial charge on any atom is 0.322 e. The molecule has 0 atom stereocenters. The molecule has 5 nitrogen and oxygen atoms in total. The van der Waals surface area contributed by atoms with Crippen LogP contribution >= 0.6 is 15.9 Å². The van der Waals surface area contributed by atoms with Gasteiger partial charge in [0, 0.05) is 0 Å². The summed E-state index contributed by atoms with van der Waals surface area (Å²) >= 11 is 3.16. The Morgan fingerprint density at radius 2 is 1.88 bits per heavy atom. The second kappa shape index (κ2) is 4.98. The molecule has 0 aliphatic carbocycles. The minimum atomic E-state index is -1.57. The molecule has 86 valence electrons. The Hall–Kier alpha value is -1.56. The van der Waals surface area contributed by atoms with Crippen molar-refractivity contribution in [1.29, 1.82) is 0 Å². The van der Waals surface area contributed by atoms with Crippen LogP contribution in [-0.2, 0) is 9.59 Å². The number of carboxylic acids is 2. The largest absolute Gasteiger partial charge is 0.496 e. The fourth-order valence-electron chi connectivity index (χ4n) is 1.25. The van der Waals surface area contributed by atoms with Gasteiger partial charge in [-0.15, -0.1) is 0 Å². The Labute approximate surface area is 99.8 Å². The summed E-state index contributed by atoms with van der Waals surface area (Å²) in [6.07, 6.45) is 0. The van der Waals surface area contributed by atoms with Gasteiger partial charge in [-0.2, -0.15) is 0 Å². The summed E-state index contributed by atoms with van der Waals surface area (Å²) in [4.78, 5) is 21.6. The summed E-state index contributed by atoms with van der Waals surface area (Å²) in [7, 11) is 1.46. The summed E-state index contributed by atoms with van der Waals surface area (Å²) in [6.45, 7) is 0. The van der Waals surface area contributed by atoms with E-state index in [-0.39, 0.29) is 5.56 Å². The van der Waals surface area contributed by atoms with Crippen LogP contribution in [0.1, 0.15) is 11.5 Å². The van der Waals surface area contributed by atoms with Crippen LogP contribution in [0.4, 0.5) is 0 Å². The van der Waals surface area contributed by atoms with E-state index < -0.39 is 17.9 Å². The summed E-state index contributed by atoms with van der Waals surface area (Å²) in [5.74, 6) is -3.85. The number of benzene rings is 1. The van der Waals surface area contributed by atoms with Crippen LogP contribution in [-0.4, -0.2) is 29.3 Å². The molecule has 0 aliphatic heterocycles. The minimum Gasteiger partial charge on any atom is -0.496 e. The number of aliphatic carboxylic acids is 2. The van der Waals surface area contributed by atoms with Crippen LogP contribution in [0.25, 0.3) is 0 Å². The smallest absolute Gasteiger partial charge is 0.322 e. The molecule has 0 spiro atoms. The average Bonchev–Trinajstić information content (AvgIpc) is 2.16. The molecule has 1 rings (SSSR count). The molecule has 2 N–H and O–H groups in total. The monoisotopic (exact) mass is 288 g/mol. The Balaban J connectivity index is 3.17. The van der Waals surface area contributed by atoms with Crippen molar-refractivity contribution >= 4 is 27.9 Å². The number of carboxylic acid groups (broad SMARTS) is 2. The van der Waals surface area contributed by atoms with E-state index in [1.807, 2.05) is 0 Å². The minimum absolute atomic E-state index is 0.188. The van der Waals surface area contributed by atoms with E-state index >= 15 is 0 Å². The van der Waals surface area contributed by atoms with Gasteiger partial charge in [-0.05, 0) is 33.6 Å². The molecule has 0 aromatic heterocycles. The zero-order valence-electron chi connectivity index (χ0n) is 8.31. The highest BCUT2D eigenvalue weighted by Crippen LogP contribution is 2.29. The Morgan fingerprint density at radius 3 is 2.25 bits per heavy atom. The Morgan fingerprint density at radius 1 is 1.31 bits per heavy atom. The quantitative estimate of drug-likeness (QED) is 0.824. The molecular formula is C10H9BrO5. The van der Waals surface area contributed by atoms with E-state index in [1.54, 1.807) is 0 Å². The van der Waals surface area contributed by atoms with E-state index in [2.05, 4.69) is 15.9 Å². The number of halogens is 1. The van der Waals surface area contributed by atoms with Gasteiger partial charge in [-0.25, -0.2) is 0 Å². The van der Waals surface area contributed by atoms with Crippen molar-refractivity contribution in [2.24, 2.45) is 0 Å². The van der Waals surface area contributed by atoms with E-state index in [4.69, 9.17) is 14.9 Å². The zero-order valence-corrected chi connectivity index (χ0v) is 9.89. The number of hydrogen-bond donors (Lipinski definition) is 2. The van der Waals surface area contributed by atoms with Crippen LogP contribution in [0.15, 0.2) is 22.7 Å². The second-order valence-corrected chi connectivity index (χ2v) is 3.86.